The fourth-order valence-corrected chi connectivity index (χ4v) is 2.75. The molecule has 2 N–H and O–H groups in total. The highest BCUT2D eigenvalue weighted by Gasteiger charge is 2.26. The lowest BCUT2D eigenvalue weighted by atomic mass is 9.85. The third-order valence-electron chi connectivity index (χ3n) is 4.02. The molecule has 0 aliphatic heterocycles. The largest absolute Gasteiger partial charge is 0.382 e. The number of aromatic nitrogens is 4. The molecule has 0 radical (unpaired) electrons. The van der Waals surface area contributed by atoms with Gasteiger partial charge >= 0.3 is 0 Å². The first-order valence-corrected chi connectivity index (χ1v) is 6.87. The molecule has 4 rings (SSSR count). The summed E-state index contributed by atoms with van der Waals surface area (Å²) in [4.78, 5) is 13.2. The van der Waals surface area contributed by atoms with Crippen LogP contribution >= 0.6 is 0 Å². The summed E-state index contributed by atoms with van der Waals surface area (Å²) in [6.45, 7) is 0. The summed E-state index contributed by atoms with van der Waals surface area (Å²) >= 11 is 0. The van der Waals surface area contributed by atoms with E-state index in [9.17, 15) is 0 Å². The van der Waals surface area contributed by atoms with Crippen molar-refractivity contribution < 1.29 is 0 Å². The Morgan fingerprint density at radius 3 is 2.85 bits per heavy atom. The van der Waals surface area contributed by atoms with Gasteiger partial charge in [-0.25, -0.2) is 9.97 Å². The van der Waals surface area contributed by atoms with Gasteiger partial charge in [0.05, 0.1) is 0 Å². The highest BCUT2D eigenvalue weighted by Crippen LogP contribution is 2.38. The average Bonchev–Trinajstić information content (AvgIpc) is 2.79. The van der Waals surface area contributed by atoms with Crippen LogP contribution in [0.4, 0.5) is 5.82 Å². The monoisotopic (exact) mass is 265 g/mol. The van der Waals surface area contributed by atoms with Crippen molar-refractivity contribution in [3.63, 3.8) is 0 Å². The maximum Gasteiger partial charge on any atom is 0.150 e. The third-order valence-corrected chi connectivity index (χ3v) is 4.02. The van der Waals surface area contributed by atoms with E-state index in [4.69, 9.17) is 10.7 Å². The van der Waals surface area contributed by atoms with Crippen LogP contribution in [0.1, 0.15) is 31.0 Å². The Morgan fingerprint density at radius 2 is 2.15 bits per heavy atom. The Kier molecular flexibility index (Phi) is 2.45. The molecule has 0 saturated heterocycles. The van der Waals surface area contributed by atoms with Crippen LogP contribution in [0.2, 0.25) is 0 Å². The zero-order valence-electron chi connectivity index (χ0n) is 11.0. The summed E-state index contributed by atoms with van der Waals surface area (Å²) < 4.78 is 2.09. The SMILES string of the molecule is Nc1nccn2c(C3CCC3)nc(-c3cccnc3)c12. The van der Waals surface area contributed by atoms with E-state index in [1.807, 2.05) is 24.5 Å². The predicted octanol–water partition coefficient (Wildman–Crippen LogP) is 2.64. The normalized spacial score (nSPS) is 15.4. The molecule has 3 heterocycles. The zero-order valence-corrected chi connectivity index (χ0v) is 11.0. The molecular formula is C15H15N5. The summed E-state index contributed by atoms with van der Waals surface area (Å²) in [5, 5.41) is 0. The maximum atomic E-state index is 6.07. The van der Waals surface area contributed by atoms with Crippen LogP contribution in [0.25, 0.3) is 16.8 Å². The van der Waals surface area contributed by atoms with Gasteiger partial charge in [-0.05, 0) is 25.0 Å². The number of pyridine rings is 1. The number of nitrogen functional groups attached to an aromatic ring is 1. The minimum Gasteiger partial charge on any atom is -0.382 e. The molecule has 0 unspecified atom stereocenters. The van der Waals surface area contributed by atoms with Crippen molar-refractivity contribution in [1.82, 2.24) is 19.4 Å². The summed E-state index contributed by atoms with van der Waals surface area (Å²) in [6, 6.07) is 3.92. The van der Waals surface area contributed by atoms with Crippen LogP contribution in [0.3, 0.4) is 0 Å². The molecule has 5 heteroatoms. The molecular weight excluding hydrogens is 250 g/mol. The van der Waals surface area contributed by atoms with Crippen LogP contribution in [0, 0.1) is 0 Å². The number of imidazole rings is 1. The number of rotatable bonds is 2. The second-order valence-electron chi connectivity index (χ2n) is 5.22. The predicted molar refractivity (Wildman–Crippen MR) is 77.2 cm³/mol. The van der Waals surface area contributed by atoms with Gasteiger partial charge < -0.3 is 5.73 Å². The number of nitrogens with two attached hydrogens (primary N) is 1. The Morgan fingerprint density at radius 1 is 1.25 bits per heavy atom. The summed E-state index contributed by atoms with van der Waals surface area (Å²) in [7, 11) is 0. The van der Waals surface area contributed by atoms with Crippen molar-refractivity contribution in [3.8, 4) is 11.3 Å². The van der Waals surface area contributed by atoms with E-state index in [-0.39, 0.29) is 0 Å². The highest BCUT2D eigenvalue weighted by atomic mass is 15.1. The Labute approximate surface area is 116 Å². The van der Waals surface area contributed by atoms with Gasteiger partial charge in [-0.2, -0.15) is 0 Å². The average molecular weight is 265 g/mol. The van der Waals surface area contributed by atoms with E-state index in [1.54, 1.807) is 12.4 Å². The smallest absolute Gasteiger partial charge is 0.150 e. The van der Waals surface area contributed by atoms with Crippen LogP contribution < -0.4 is 5.73 Å². The first-order chi connectivity index (χ1) is 9.84. The lowest BCUT2D eigenvalue weighted by molar-refractivity contribution is 0.400. The van der Waals surface area contributed by atoms with Crippen molar-refractivity contribution in [1.29, 1.82) is 0 Å². The maximum absolute atomic E-state index is 6.07. The Balaban J connectivity index is 2.01. The standard InChI is InChI=1S/C15H15N5/c16-14-13-12(11-5-2-6-17-9-11)19-15(10-3-1-4-10)20(13)8-7-18-14/h2,5-10H,1,3-4H2,(H2,16,18). The summed E-state index contributed by atoms with van der Waals surface area (Å²) in [6.07, 6.45) is 10.9. The number of anilines is 1. The lowest BCUT2D eigenvalue weighted by Gasteiger charge is -2.23. The van der Waals surface area contributed by atoms with Gasteiger partial charge in [-0.1, -0.05) is 6.42 Å². The first kappa shape index (κ1) is 11.4. The van der Waals surface area contributed by atoms with Gasteiger partial charge in [0, 0.05) is 36.3 Å². The zero-order chi connectivity index (χ0) is 13.5. The van der Waals surface area contributed by atoms with Crippen LogP contribution in [0.5, 0.6) is 0 Å². The Bertz CT molecular complexity index is 759. The molecule has 0 spiro atoms. The van der Waals surface area contributed by atoms with Gasteiger partial charge in [-0.15, -0.1) is 0 Å². The molecule has 100 valence electrons. The first-order valence-electron chi connectivity index (χ1n) is 6.87. The molecule has 0 amide bonds. The van der Waals surface area contributed by atoms with Crippen molar-refractivity contribution in [2.24, 2.45) is 0 Å². The van der Waals surface area contributed by atoms with E-state index in [0.717, 1.165) is 22.6 Å². The number of fused-ring (bicyclic) bond motifs is 1. The molecule has 1 aliphatic carbocycles. The van der Waals surface area contributed by atoms with E-state index >= 15 is 0 Å². The highest BCUT2D eigenvalue weighted by molar-refractivity contribution is 5.85. The fraction of sp³-hybridized carbons (Fsp3) is 0.267. The van der Waals surface area contributed by atoms with Gasteiger partial charge in [0.2, 0.25) is 0 Å². The molecule has 0 atom stereocenters. The fourth-order valence-electron chi connectivity index (χ4n) is 2.75. The molecule has 1 fully saturated rings. The van der Waals surface area contributed by atoms with Gasteiger partial charge in [0.15, 0.2) is 0 Å². The quantitative estimate of drug-likeness (QED) is 0.773. The molecule has 0 aromatic carbocycles. The van der Waals surface area contributed by atoms with E-state index < -0.39 is 0 Å². The van der Waals surface area contributed by atoms with Crippen molar-refractivity contribution in [2.45, 2.75) is 25.2 Å². The molecule has 1 aliphatic rings. The van der Waals surface area contributed by atoms with Crippen LogP contribution in [-0.2, 0) is 0 Å². The third kappa shape index (κ3) is 1.59. The lowest BCUT2D eigenvalue weighted by Crippen LogP contribution is -2.12. The second-order valence-corrected chi connectivity index (χ2v) is 5.22. The topological polar surface area (TPSA) is 69.1 Å². The van der Waals surface area contributed by atoms with Gasteiger partial charge in [0.25, 0.3) is 0 Å². The molecule has 1 saturated carbocycles. The van der Waals surface area contributed by atoms with Crippen molar-refractivity contribution >= 4 is 11.3 Å². The van der Waals surface area contributed by atoms with E-state index in [2.05, 4.69) is 14.4 Å². The van der Waals surface area contributed by atoms with E-state index in [0.29, 0.717) is 11.7 Å². The molecule has 0 bridgehead atoms. The van der Waals surface area contributed by atoms with Crippen LogP contribution in [0.15, 0.2) is 36.9 Å². The minimum absolute atomic E-state index is 0.518. The Hall–Kier alpha value is -2.43. The minimum atomic E-state index is 0.518. The van der Waals surface area contributed by atoms with E-state index in [1.165, 1.54) is 19.3 Å². The molecule has 20 heavy (non-hydrogen) atoms. The summed E-state index contributed by atoms with van der Waals surface area (Å²) in [5.74, 6) is 2.15. The molecule has 5 nitrogen and oxygen atoms in total. The van der Waals surface area contributed by atoms with Gasteiger partial charge in [0.1, 0.15) is 22.9 Å². The molecule has 3 aromatic heterocycles. The number of hydrogen-bond acceptors (Lipinski definition) is 4. The number of hydrogen-bond donors (Lipinski definition) is 1. The summed E-state index contributed by atoms with van der Waals surface area (Å²) in [5.41, 5.74) is 8.83. The van der Waals surface area contributed by atoms with Crippen LogP contribution in [-0.4, -0.2) is 19.4 Å². The van der Waals surface area contributed by atoms with Crippen molar-refractivity contribution in [3.05, 3.63) is 42.7 Å². The second kappa shape index (κ2) is 4.30. The number of nitrogens with zero attached hydrogens (tertiary/aromatic N) is 4. The van der Waals surface area contributed by atoms with Crippen molar-refractivity contribution in [2.75, 3.05) is 5.73 Å². The molecule has 3 aromatic rings. The van der Waals surface area contributed by atoms with Gasteiger partial charge in [-0.3, -0.25) is 9.38 Å².